The lowest BCUT2D eigenvalue weighted by Gasteiger charge is -2.15. The van der Waals surface area contributed by atoms with E-state index in [0.717, 1.165) is 22.6 Å². The second-order valence-electron chi connectivity index (χ2n) is 8.75. The Bertz CT molecular complexity index is 1210. The second-order valence-corrected chi connectivity index (χ2v) is 8.75. The summed E-state index contributed by atoms with van der Waals surface area (Å²) in [4.78, 5) is 28.3. The zero-order chi connectivity index (χ0) is 23.5. The number of rotatable bonds is 7. The number of ether oxygens (including phenoxy) is 1. The van der Waals surface area contributed by atoms with Crippen LogP contribution in [0.3, 0.4) is 0 Å². The number of imide groups is 1. The molecule has 0 aromatic heterocycles. The summed E-state index contributed by atoms with van der Waals surface area (Å²) >= 11 is 0. The van der Waals surface area contributed by atoms with Gasteiger partial charge in [-0.15, -0.1) is 0 Å². The van der Waals surface area contributed by atoms with Crippen LogP contribution in [0.2, 0.25) is 0 Å². The highest BCUT2D eigenvalue weighted by atomic mass is 16.5. The van der Waals surface area contributed by atoms with Crippen molar-refractivity contribution < 1.29 is 14.3 Å². The molecule has 0 aliphatic carbocycles. The van der Waals surface area contributed by atoms with E-state index in [0.29, 0.717) is 29.3 Å². The molecule has 0 atom stereocenters. The Labute approximate surface area is 194 Å². The fourth-order valence-electron chi connectivity index (χ4n) is 3.69. The minimum atomic E-state index is -0.375. The zero-order valence-electron chi connectivity index (χ0n) is 19.4. The van der Waals surface area contributed by atoms with E-state index in [1.807, 2.05) is 74.5 Å². The molecule has 0 unspecified atom stereocenters. The van der Waals surface area contributed by atoms with Crippen molar-refractivity contribution in [1.29, 1.82) is 0 Å². The molecule has 1 heterocycles. The van der Waals surface area contributed by atoms with E-state index < -0.39 is 0 Å². The first kappa shape index (κ1) is 22.3. The Hall–Kier alpha value is -3.86. The van der Waals surface area contributed by atoms with Crippen molar-refractivity contribution in [1.82, 2.24) is 0 Å². The van der Waals surface area contributed by atoms with Crippen molar-refractivity contribution in [2.75, 3.05) is 16.8 Å². The van der Waals surface area contributed by atoms with E-state index >= 15 is 0 Å². The number of hydrogen-bond acceptors (Lipinski definition) is 4. The van der Waals surface area contributed by atoms with E-state index in [2.05, 4.69) is 19.2 Å². The highest BCUT2D eigenvalue weighted by Gasteiger charge is 2.40. The number of carbonyl (C=O) groups excluding carboxylic acids is 2. The summed E-state index contributed by atoms with van der Waals surface area (Å²) in [5.41, 5.74) is 4.69. The average Bonchev–Trinajstić information content (AvgIpc) is 3.03. The zero-order valence-corrected chi connectivity index (χ0v) is 19.4. The smallest absolute Gasteiger partial charge is 0.282 e. The quantitative estimate of drug-likeness (QED) is 0.476. The molecule has 5 heteroatoms. The highest BCUT2D eigenvalue weighted by molar-refractivity contribution is 6.46. The van der Waals surface area contributed by atoms with E-state index in [-0.39, 0.29) is 17.5 Å². The molecular formula is C28H28N2O3. The van der Waals surface area contributed by atoms with Gasteiger partial charge in [-0.25, -0.2) is 4.90 Å². The third kappa shape index (κ3) is 4.82. The van der Waals surface area contributed by atoms with Gasteiger partial charge < -0.3 is 10.1 Å². The Morgan fingerprint density at radius 3 is 2.18 bits per heavy atom. The molecule has 2 amide bonds. The fourth-order valence-corrected chi connectivity index (χ4v) is 3.69. The van der Waals surface area contributed by atoms with Gasteiger partial charge in [0.05, 0.1) is 17.9 Å². The highest BCUT2D eigenvalue weighted by Crippen LogP contribution is 2.34. The van der Waals surface area contributed by atoms with Gasteiger partial charge in [0.25, 0.3) is 11.8 Å². The summed E-state index contributed by atoms with van der Waals surface area (Å²) in [7, 11) is 0. The van der Waals surface area contributed by atoms with Crippen LogP contribution in [0.25, 0.3) is 5.57 Å². The Balaban J connectivity index is 1.74. The standard InChI is InChI=1S/C28H28N2O3/c1-18(2)17-33-24-14-10-21(11-15-24)25-26(29-22-7-5-6-20(4)16-22)28(32)30(27(25)31)23-12-8-19(3)9-13-23/h5-16,18,29H,17H2,1-4H3. The predicted octanol–water partition coefficient (Wildman–Crippen LogP) is 5.73. The molecule has 1 aliphatic heterocycles. The molecule has 0 spiro atoms. The SMILES string of the molecule is Cc1ccc(N2C(=O)C(Nc3cccc(C)c3)=C(c3ccc(OCC(C)C)cc3)C2=O)cc1. The van der Waals surface area contributed by atoms with Gasteiger partial charge in [0.2, 0.25) is 0 Å². The lowest BCUT2D eigenvalue weighted by molar-refractivity contribution is -0.120. The molecule has 4 rings (SSSR count). The summed E-state index contributed by atoms with van der Waals surface area (Å²) in [6.45, 7) is 8.74. The molecule has 0 bridgehead atoms. The van der Waals surface area contributed by atoms with Crippen LogP contribution in [0.1, 0.15) is 30.5 Å². The molecule has 1 aliphatic rings. The average molecular weight is 441 g/mol. The maximum atomic E-state index is 13.5. The van der Waals surface area contributed by atoms with Crippen LogP contribution in [0.5, 0.6) is 5.75 Å². The topological polar surface area (TPSA) is 58.6 Å². The largest absolute Gasteiger partial charge is 0.493 e. The van der Waals surface area contributed by atoms with E-state index in [1.165, 1.54) is 4.90 Å². The van der Waals surface area contributed by atoms with Crippen molar-refractivity contribution in [3.05, 3.63) is 95.2 Å². The molecule has 0 saturated heterocycles. The van der Waals surface area contributed by atoms with Crippen LogP contribution >= 0.6 is 0 Å². The molecule has 3 aromatic rings. The molecule has 0 radical (unpaired) electrons. The van der Waals surface area contributed by atoms with Crippen LogP contribution < -0.4 is 15.0 Å². The maximum absolute atomic E-state index is 13.5. The number of anilines is 2. The van der Waals surface area contributed by atoms with Crippen LogP contribution in [0.15, 0.2) is 78.5 Å². The van der Waals surface area contributed by atoms with Crippen molar-refractivity contribution >= 4 is 28.8 Å². The van der Waals surface area contributed by atoms with Crippen LogP contribution in [-0.4, -0.2) is 18.4 Å². The molecule has 5 nitrogen and oxygen atoms in total. The Morgan fingerprint density at radius 2 is 1.55 bits per heavy atom. The number of nitrogens with one attached hydrogen (secondary N) is 1. The third-order valence-corrected chi connectivity index (χ3v) is 5.39. The van der Waals surface area contributed by atoms with Crippen molar-refractivity contribution in [2.45, 2.75) is 27.7 Å². The molecule has 33 heavy (non-hydrogen) atoms. The number of carbonyl (C=O) groups is 2. The van der Waals surface area contributed by atoms with E-state index in [1.54, 1.807) is 12.1 Å². The summed E-state index contributed by atoms with van der Waals surface area (Å²) in [6, 6.07) is 22.4. The summed E-state index contributed by atoms with van der Waals surface area (Å²) in [6.07, 6.45) is 0. The number of aryl methyl sites for hydroxylation is 2. The van der Waals surface area contributed by atoms with Gasteiger partial charge in [0.15, 0.2) is 0 Å². The lowest BCUT2D eigenvalue weighted by atomic mass is 10.0. The van der Waals surface area contributed by atoms with Gasteiger partial charge in [-0.1, -0.05) is 55.8 Å². The minimum absolute atomic E-state index is 0.266. The van der Waals surface area contributed by atoms with E-state index in [4.69, 9.17) is 4.74 Å². The first-order chi connectivity index (χ1) is 15.8. The van der Waals surface area contributed by atoms with Gasteiger partial charge >= 0.3 is 0 Å². The van der Waals surface area contributed by atoms with Crippen molar-refractivity contribution in [2.24, 2.45) is 5.92 Å². The molecule has 168 valence electrons. The van der Waals surface area contributed by atoms with Crippen molar-refractivity contribution in [3.63, 3.8) is 0 Å². The number of benzene rings is 3. The summed E-state index contributed by atoms with van der Waals surface area (Å²) in [5.74, 6) is 0.415. The maximum Gasteiger partial charge on any atom is 0.282 e. The molecule has 0 saturated carbocycles. The Morgan fingerprint density at radius 1 is 0.848 bits per heavy atom. The predicted molar refractivity (Wildman–Crippen MR) is 132 cm³/mol. The minimum Gasteiger partial charge on any atom is -0.493 e. The van der Waals surface area contributed by atoms with Gasteiger partial charge in [-0.05, 0) is 67.3 Å². The summed E-state index contributed by atoms with van der Waals surface area (Å²) in [5, 5.41) is 3.21. The first-order valence-electron chi connectivity index (χ1n) is 11.1. The molecular weight excluding hydrogens is 412 g/mol. The molecule has 0 fully saturated rings. The van der Waals surface area contributed by atoms with Crippen LogP contribution in [0.4, 0.5) is 11.4 Å². The Kier molecular flexibility index (Phi) is 6.31. The van der Waals surface area contributed by atoms with Gasteiger partial charge in [-0.3, -0.25) is 9.59 Å². The summed E-state index contributed by atoms with van der Waals surface area (Å²) < 4.78 is 5.78. The van der Waals surface area contributed by atoms with Gasteiger partial charge in [0, 0.05) is 5.69 Å². The monoisotopic (exact) mass is 440 g/mol. The first-order valence-corrected chi connectivity index (χ1v) is 11.1. The van der Waals surface area contributed by atoms with Crippen LogP contribution in [-0.2, 0) is 9.59 Å². The lowest BCUT2D eigenvalue weighted by Crippen LogP contribution is -2.32. The number of amides is 2. The third-order valence-electron chi connectivity index (χ3n) is 5.39. The van der Waals surface area contributed by atoms with Gasteiger partial charge in [0.1, 0.15) is 11.4 Å². The van der Waals surface area contributed by atoms with Crippen LogP contribution in [0, 0.1) is 19.8 Å². The van der Waals surface area contributed by atoms with Crippen molar-refractivity contribution in [3.8, 4) is 5.75 Å². The molecule has 3 aromatic carbocycles. The van der Waals surface area contributed by atoms with Gasteiger partial charge in [-0.2, -0.15) is 0 Å². The number of hydrogen-bond donors (Lipinski definition) is 1. The molecule has 1 N–H and O–H groups in total. The van der Waals surface area contributed by atoms with E-state index in [9.17, 15) is 9.59 Å². The normalized spacial score (nSPS) is 13.8. The second kappa shape index (κ2) is 9.33. The fraction of sp³-hybridized carbons (Fsp3) is 0.214. The number of nitrogens with zero attached hydrogens (tertiary/aromatic N) is 1.